The molecule has 0 spiro atoms. The highest BCUT2D eigenvalue weighted by atomic mass is 16.6. The quantitative estimate of drug-likeness (QED) is 0.648. The van der Waals surface area contributed by atoms with Gasteiger partial charge in [0.25, 0.3) is 5.91 Å². The second kappa shape index (κ2) is 6.00. The average molecular weight is 264 g/mol. The lowest BCUT2D eigenvalue weighted by atomic mass is 9.93. The number of amides is 1. The largest absolute Gasteiger partial charge is 0.398 e. The average Bonchev–Trinajstić information content (AvgIpc) is 2.81. The Balaban J connectivity index is 2.63. The zero-order valence-corrected chi connectivity index (χ0v) is 11.4. The van der Waals surface area contributed by atoms with Crippen LogP contribution in [-0.2, 0) is 21.6 Å². The van der Waals surface area contributed by atoms with Gasteiger partial charge < -0.3 is 14.7 Å². The van der Waals surface area contributed by atoms with E-state index < -0.39 is 5.91 Å². The molecule has 0 aromatic carbocycles. The van der Waals surface area contributed by atoms with Crippen molar-refractivity contribution in [3.63, 3.8) is 0 Å². The van der Waals surface area contributed by atoms with E-state index in [1.54, 1.807) is 12.1 Å². The fraction of sp³-hybridized carbons (Fsp3) is 0.500. The molecule has 1 aromatic heterocycles. The van der Waals surface area contributed by atoms with Gasteiger partial charge in [-0.1, -0.05) is 31.1 Å². The number of rotatable bonds is 4. The summed E-state index contributed by atoms with van der Waals surface area (Å²) in [4.78, 5) is 15.9. The Kier molecular flexibility index (Phi) is 4.64. The molecule has 19 heavy (non-hydrogen) atoms. The molecule has 1 aromatic rings. The van der Waals surface area contributed by atoms with Gasteiger partial charge in [-0.2, -0.15) is 5.26 Å². The second-order valence-corrected chi connectivity index (χ2v) is 4.85. The summed E-state index contributed by atoms with van der Waals surface area (Å²) in [5.41, 5.74) is 0.0833. The number of oxime groups is 1. The van der Waals surface area contributed by atoms with E-state index in [9.17, 15) is 4.79 Å². The molecule has 7 nitrogen and oxygen atoms in total. The molecular weight excluding hydrogens is 248 g/mol. The van der Waals surface area contributed by atoms with Gasteiger partial charge in [0.15, 0.2) is 0 Å². The summed E-state index contributed by atoms with van der Waals surface area (Å²) in [7, 11) is 1.26. The molecule has 0 unspecified atom stereocenters. The normalized spacial score (nSPS) is 11.8. The number of nitrogens with zero attached hydrogens (tertiary/aromatic N) is 3. The molecule has 102 valence electrons. The molecule has 1 N–H and O–H groups in total. The maximum absolute atomic E-state index is 11.5. The molecule has 0 atom stereocenters. The summed E-state index contributed by atoms with van der Waals surface area (Å²) in [5.74, 6) is 0.104. The Hall–Kier alpha value is -2.36. The lowest BCUT2D eigenvalue weighted by Crippen LogP contribution is -2.30. The Bertz CT molecular complexity index is 520. The molecule has 0 saturated heterocycles. The van der Waals surface area contributed by atoms with Crippen LogP contribution in [-0.4, -0.2) is 23.9 Å². The van der Waals surface area contributed by atoms with Crippen molar-refractivity contribution in [2.24, 2.45) is 5.16 Å². The van der Waals surface area contributed by atoms with E-state index in [0.29, 0.717) is 5.69 Å². The first-order valence-electron chi connectivity index (χ1n) is 5.64. The van der Waals surface area contributed by atoms with Crippen LogP contribution < -0.4 is 5.32 Å². The fourth-order valence-electron chi connectivity index (χ4n) is 1.21. The lowest BCUT2D eigenvalue weighted by molar-refractivity contribution is -0.115. The highest BCUT2D eigenvalue weighted by Gasteiger charge is 2.20. The molecule has 0 fully saturated rings. The molecule has 0 bridgehead atoms. The monoisotopic (exact) mass is 264 g/mol. The number of nitriles is 1. The van der Waals surface area contributed by atoms with E-state index in [1.807, 2.05) is 20.8 Å². The number of carbonyl (C=O) groups is 1. The first kappa shape index (κ1) is 14.7. The highest BCUT2D eigenvalue weighted by molar-refractivity contribution is 6.44. The van der Waals surface area contributed by atoms with E-state index in [2.05, 4.69) is 20.5 Å². The van der Waals surface area contributed by atoms with Gasteiger partial charge in [0.2, 0.25) is 5.71 Å². The predicted octanol–water partition coefficient (Wildman–Crippen LogP) is 1.11. The zero-order chi connectivity index (χ0) is 14.5. The molecule has 1 rings (SSSR count). The summed E-state index contributed by atoms with van der Waals surface area (Å²) in [6.07, 6.45) is 0. The third-order valence-corrected chi connectivity index (χ3v) is 2.23. The van der Waals surface area contributed by atoms with Gasteiger partial charge in [-0.3, -0.25) is 4.79 Å². The molecule has 0 aliphatic rings. The molecule has 0 radical (unpaired) electrons. The van der Waals surface area contributed by atoms with Crippen LogP contribution in [0.15, 0.2) is 15.7 Å². The van der Waals surface area contributed by atoms with Crippen molar-refractivity contribution in [3.8, 4) is 6.07 Å². The van der Waals surface area contributed by atoms with Crippen LogP contribution in [0.2, 0.25) is 0 Å². The minimum atomic E-state index is -0.621. The first-order chi connectivity index (χ1) is 8.88. The summed E-state index contributed by atoms with van der Waals surface area (Å²) in [6.45, 7) is 6.14. The predicted molar refractivity (Wildman–Crippen MR) is 67.1 cm³/mol. The maximum Gasteiger partial charge on any atom is 0.284 e. The van der Waals surface area contributed by atoms with Crippen LogP contribution in [0.1, 0.15) is 32.2 Å². The molecule has 1 amide bonds. The van der Waals surface area contributed by atoms with Crippen LogP contribution in [0.25, 0.3) is 0 Å². The lowest BCUT2D eigenvalue weighted by Gasteiger charge is -2.12. The van der Waals surface area contributed by atoms with Crippen molar-refractivity contribution in [2.45, 2.75) is 32.7 Å². The van der Waals surface area contributed by atoms with E-state index in [-0.39, 0.29) is 17.7 Å². The fourth-order valence-corrected chi connectivity index (χ4v) is 1.21. The van der Waals surface area contributed by atoms with E-state index in [4.69, 9.17) is 9.78 Å². The summed E-state index contributed by atoms with van der Waals surface area (Å²) < 4.78 is 5.17. The van der Waals surface area contributed by atoms with Gasteiger partial charge in [0, 0.05) is 11.5 Å². The van der Waals surface area contributed by atoms with Gasteiger partial charge in [0.1, 0.15) is 24.6 Å². The molecule has 7 heteroatoms. The van der Waals surface area contributed by atoms with Crippen molar-refractivity contribution >= 4 is 11.6 Å². The highest BCUT2D eigenvalue weighted by Crippen LogP contribution is 2.22. The number of hydrogen-bond acceptors (Lipinski definition) is 6. The Morgan fingerprint density at radius 2 is 2.32 bits per heavy atom. The Labute approximate surface area is 111 Å². The maximum atomic E-state index is 11.5. The topological polar surface area (TPSA) is 101 Å². The number of hydrogen-bond donors (Lipinski definition) is 1. The number of carbonyl (C=O) groups excluding carboxylic acids is 1. The molecule has 0 saturated carbocycles. The third kappa shape index (κ3) is 4.10. The van der Waals surface area contributed by atoms with Crippen molar-refractivity contribution in [1.82, 2.24) is 10.5 Å². The minimum absolute atomic E-state index is 0.148. The van der Waals surface area contributed by atoms with Gasteiger partial charge in [-0.05, 0) is 0 Å². The van der Waals surface area contributed by atoms with Crippen molar-refractivity contribution in [1.29, 1.82) is 5.26 Å². The first-order valence-corrected chi connectivity index (χ1v) is 5.64. The summed E-state index contributed by atoms with van der Waals surface area (Å²) in [5, 5.41) is 18.3. The van der Waals surface area contributed by atoms with E-state index in [0.717, 1.165) is 5.76 Å². The van der Waals surface area contributed by atoms with Gasteiger partial charge in [-0.25, -0.2) is 0 Å². The van der Waals surface area contributed by atoms with Crippen molar-refractivity contribution in [3.05, 3.63) is 17.5 Å². The molecule has 1 heterocycles. The molecule has 0 aliphatic carbocycles. The Morgan fingerprint density at radius 3 is 2.79 bits per heavy atom. The third-order valence-electron chi connectivity index (χ3n) is 2.23. The van der Waals surface area contributed by atoms with Crippen LogP contribution in [0.3, 0.4) is 0 Å². The van der Waals surface area contributed by atoms with Crippen molar-refractivity contribution in [2.75, 3.05) is 7.11 Å². The summed E-state index contributed by atoms with van der Waals surface area (Å²) >= 11 is 0. The standard InChI is InChI=1S/C12H16N4O3/c1-12(2,3)10-5-8(15-19-10)7-14-11(17)9(6-13)16-18-4/h5H,7H2,1-4H3,(H,14,17)/b16-9+. The Morgan fingerprint density at radius 1 is 1.63 bits per heavy atom. The van der Waals surface area contributed by atoms with Crippen LogP contribution in [0.5, 0.6) is 0 Å². The smallest absolute Gasteiger partial charge is 0.284 e. The second-order valence-electron chi connectivity index (χ2n) is 4.85. The number of aromatic nitrogens is 1. The van der Waals surface area contributed by atoms with E-state index >= 15 is 0 Å². The SMILES string of the molecule is CO/N=C(\C#N)C(=O)NCc1cc(C(C)(C)C)on1. The van der Waals surface area contributed by atoms with Crippen LogP contribution in [0.4, 0.5) is 0 Å². The van der Waals surface area contributed by atoms with Gasteiger partial charge in [0.05, 0.1) is 6.54 Å². The molecule has 0 aliphatic heterocycles. The van der Waals surface area contributed by atoms with Crippen LogP contribution >= 0.6 is 0 Å². The van der Waals surface area contributed by atoms with Crippen molar-refractivity contribution < 1.29 is 14.2 Å². The summed E-state index contributed by atoms with van der Waals surface area (Å²) in [6, 6.07) is 3.40. The van der Waals surface area contributed by atoms with Gasteiger partial charge in [-0.15, -0.1) is 0 Å². The minimum Gasteiger partial charge on any atom is -0.398 e. The van der Waals surface area contributed by atoms with Gasteiger partial charge >= 0.3 is 0 Å². The number of nitrogens with one attached hydrogen (secondary N) is 1. The van der Waals surface area contributed by atoms with Crippen LogP contribution in [0, 0.1) is 11.3 Å². The molecular formula is C12H16N4O3. The zero-order valence-electron chi connectivity index (χ0n) is 11.4. The van der Waals surface area contributed by atoms with E-state index in [1.165, 1.54) is 7.11 Å².